The number of pyridine rings is 1. The number of nitrogens with one attached hydrogen (secondary N) is 1. The summed E-state index contributed by atoms with van der Waals surface area (Å²) in [7, 11) is 0. The Bertz CT molecular complexity index is 1050. The normalized spacial score (nSPS) is 27.0. The third kappa shape index (κ3) is 3.24. The highest BCUT2D eigenvalue weighted by atomic mass is 35.5. The lowest BCUT2D eigenvalue weighted by Gasteiger charge is -2.29. The first-order valence-corrected chi connectivity index (χ1v) is 9.62. The van der Waals surface area contributed by atoms with E-state index in [9.17, 15) is 22.4 Å². The van der Waals surface area contributed by atoms with Crippen molar-refractivity contribution in [1.29, 1.82) is 0 Å². The number of hydrogen-bond donors (Lipinski definition) is 2. The molecule has 4 rings (SSSR count). The van der Waals surface area contributed by atoms with E-state index in [1.807, 2.05) is 0 Å². The number of nitrogens with two attached hydrogens (primary N) is 1. The third-order valence-corrected chi connectivity index (χ3v) is 6.37. The molecule has 2 aromatic rings. The second-order valence-electron chi connectivity index (χ2n) is 6.92. The van der Waals surface area contributed by atoms with Crippen LogP contribution in [0, 0.1) is 17.6 Å². The molecule has 2 aliphatic rings. The van der Waals surface area contributed by atoms with E-state index >= 15 is 0 Å². The van der Waals surface area contributed by atoms with E-state index in [2.05, 4.69) is 15.3 Å². The first-order valence-electron chi connectivity index (χ1n) is 8.36. The molecule has 1 aromatic heterocycles. The van der Waals surface area contributed by atoms with Gasteiger partial charge in [0, 0.05) is 23.5 Å². The van der Waals surface area contributed by atoms with Crippen molar-refractivity contribution in [3.05, 3.63) is 58.4 Å². The number of nitrogens with zero attached hydrogens (tertiary/aromatic N) is 2. The third-order valence-electron chi connectivity index (χ3n) is 4.97. The molecule has 2 heterocycles. The standard InChI is InChI=1S/C18H13ClF4N4OS/c1-17(13-14(18(13,22)23)29-16(24)27-17)9-4-8(5-10(20)12(9)21)26-15(28)11-3-2-7(19)6-25-11/h2-6,13-14H,1H3,(H2,24,27)(H,26,28)/t13?,14?,17-/m1/s1. The number of fused-ring (bicyclic) bond motifs is 1. The summed E-state index contributed by atoms with van der Waals surface area (Å²) in [5, 5.41) is 1.40. The average molecular weight is 445 g/mol. The van der Waals surface area contributed by atoms with Crippen molar-refractivity contribution in [2.45, 2.75) is 23.6 Å². The minimum Gasteiger partial charge on any atom is -0.379 e. The Kier molecular flexibility index (Phi) is 4.54. The Morgan fingerprint density at radius 3 is 2.69 bits per heavy atom. The van der Waals surface area contributed by atoms with Crippen LogP contribution in [0.25, 0.3) is 0 Å². The second kappa shape index (κ2) is 6.60. The van der Waals surface area contributed by atoms with Crippen molar-refractivity contribution >= 4 is 40.1 Å². The molecule has 5 nitrogen and oxygen atoms in total. The van der Waals surface area contributed by atoms with E-state index in [-0.39, 0.29) is 16.5 Å². The molecule has 152 valence electrons. The molecule has 0 bridgehead atoms. The second-order valence-corrected chi connectivity index (χ2v) is 8.52. The van der Waals surface area contributed by atoms with E-state index < -0.39 is 45.7 Å². The number of anilines is 1. The summed E-state index contributed by atoms with van der Waals surface area (Å²) in [4.78, 5) is 20.2. The number of amidine groups is 1. The van der Waals surface area contributed by atoms with Gasteiger partial charge in [-0.1, -0.05) is 23.4 Å². The summed E-state index contributed by atoms with van der Waals surface area (Å²) in [6.45, 7) is 1.28. The number of halogens is 5. The minimum atomic E-state index is -3.13. The molecular weight excluding hydrogens is 432 g/mol. The van der Waals surface area contributed by atoms with Crippen LogP contribution in [0.3, 0.4) is 0 Å². The monoisotopic (exact) mass is 444 g/mol. The van der Waals surface area contributed by atoms with E-state index in [4.69, 9.17) is 17.3 Å². The van der Waals surface area contributed by atoms with Gasteiger partial charge in [0.2, 0.25) is 0 Å². The van der Waals surface area contributed by atoms with Gasteiger partial charge in [0.25, 0.3) is 11.8 Å². The number of amides is 1. The van der Waals surface area contributed by atoms with Crippen LogP contribution in [-0.2, 0) is 5.54 Å². The van der Waals surface area contributed by atoms with E-state index in [0.717, 1.165) is 12.1 Å². The van der Waals surface area contributed by atoms with Gasteiger partial charge < -0.3 is 11.1 Å². The number of aliphatic imine (C=N–C) groups is 1. The van der Waals surface area contributed by atoms with E-state index in [1.165, 1.54) is 25.3 Å². The average Bonchev–Trinajstić information content (AvgIpc) is 3.19. The Morgan fingerprint density at radius 2 is 2.03 bits per heavy atom. The van der Waals surface area contributed by atoms with Crippen molar-refractivity contribution in [1.82, 2.24) is 4.98 Å². The maximum absolute atomic E-state index is 14.6. The lowest BCUT2D eigenvalue weighted by Crippen LogP contribution is -2.33. The highest BCUT2D eigenvalue weighted by Crippen LogP contribution is 2.67. The summed E-state index contributed by atoms with van der Waals surface area (Å²) in [6, 6.07) is 4.62. The quantitative estimate of drug-likeness (QED) is 0.696. The topological polar surface area (TPSA) is 80.4 Å². The van der Waals surface area contributed by atoms with Crippen LogP contribution in [0.4, 0.5) is 23.2 Å². The van der Waals surface area contributed by atoms with E-state index in [0.29, 0.717) is 16.8 Å². The maximum Gasteiger partial charge on any atom is 0.274 e. The SMILES string of the molecule is C[C@]1(c2cc(NC(=O)c3ccc(Cl)cn3)cc(F)c2F)N=C(N)SC2C1C2(F)F. The Morgan fingerprint density at radius 1 is 1.31 bits per heavy atom. The number of hydrogen-bond acceptors (Lipinski definition) is 5. The Hall–Kier alpha value is -2.33. The number of carbonyl (C=O) groups excluding carboxylic acids is 1. The smallest absolute Gasteiger partial charge is 0.274 e. The van der Waals surface area contributed by atoms with Gasteiger partial charge in [-0.2, -0.15) is 0 Å². The fourth-order valence-electron chi connectivity index (χ4n) is 3.53. The number of thioether (sulfide) groups is 1. The van der Waals surface area contributed by atoms with Crippen LogP contribution in [0.2, 0.25) is 5.02 Å². The number of benzene rings is 1. The molecular formula is C18H13ClF4N4OS. The number of rotatable bonds is 3. The van der Waals surface area contributed by atoms with Crippen LogP contribution in [0.5, 0.6) is 0 Å². The highest BCUT2D eigenvalue weighted by molar-refractivity contribution is 8.14. The summed E-state index contributed by atoms with van der Waals surface area (Å²) in [5.41, 5.74) is 3.31. The van der Waals surface area contributed by atoms with Crippen LogP contribution < -0.4 is 11.1 Å². The van der Waals surface area contributed by atoms with E-state index in [1.54, 1.807) is 0 Å². The largest absolute Gasteiger partial charge is 0.379 e. The van der Waals surface area contributed by atoms with Crippen LogP contribution in [0.1, 0.15) is 23.0 Å². The van der Waals surface area contributed by atoms with Gasteiger partial charge in [0.15, 0.2) is 16.8 Å². The molecule has 1 aromatic carbocycles. The van der Waals surface area contributed by atoms with Gasteiger partial charge in [-0.05, 0) is 25.1 Å². The first kappa shape index (κ1) is 20.0. The number of alkyl halides is 2. The zero-order valence-electron chi connectivity index (χ0n) is 14.7. The molecule has 1 saturated carbocycles. The molecule has 1 aliphatic heterocycles. The summed E-state index contributed by atoms with van der Waals surface area (Å²) in [6.07, 6.45) is 1.25. The van der Waals surface area contributed by atoms with Crippen molar-refractivity contribution in [3.63, 3.8) is 0 Å². The van der Waals surface area contributed by atoms with Gasteiger partial charge in [0.1, 0.15) is 5.69 Å². The molecule has 1 fully saturated rings. The summed E-state index contributed by atoms with van der Waals surface area (Å²) >= 11 is 6.43. The number of carbonyl (C=O) groups is 1. The Balaban J connectivity index is 1.72. The summed E-state index contributed by atoms with van der Waals surface area (Å²) in [5.74, 6) is -7.80. The predicted octanol–water partition coefficient (Wildman–Crippen LogP) is 4.18. The molecule has 0 spiro atoms. The predicted molar refractivity (Wildman–Crippen MR) is 102 cm³/mol. The number of aromatic nitrogens is 1. The zero-order valence-corrected chi connectivity index (χ0v) is 16.3. The molecule has 1 amide bonds. The lowest BCUT2D eigenvalue weighted by atomic mass is 9.86. The molecule has 2 unspecified atom stereocenters. The van der Waals surface area contributed by atoms with Gasteiger partial charge in [0.05, 0.1) is 21.7 Å². The lowest BCUT2D eigenvalue weighted by molar-refractivity contribution is 0.0817. The van der Waals surface area contributed by atoms with Crippen LogP contribution in [0.15, 0.2) is 35.5 Å². The van der Waals surface area contributed by atoms with Crippen molar-refractivity contribution < 1.29 is 22.4 Å². The van der Waals surface area contributed by atoms with Gasteiger partial charge >= 0.3 is 0 Å². The van der Waals surface area contributed by atoms with Gasteiger partial charge in [-0.15, -0.1) is 0 Å². The first-order chi connectivity index (χ1) is 13.5. The Labute approximate surface area is 171 Å². The highest BCUT2D eigenvalue weighted by Gasteiger charge is 2.77. The molecule has 29 heavy (non-hydrogen) atoms. The van der Waals surface area contributed by atoms with Crippen LogP contribution >= 0.6 is 23.4 Å². The molecule has 0 saturated heterocycles. The molecule has 1 aliphatic carbocycles. The zero-order chi connectivity index (χ0) is 21.1. The van der Waals surface area contributed by atoms with Crippen molar-refractivity contribution in [2.24, 2.45) is 16.6 Å². The van der Waals surface area contributed by atoms with Crippen LogP contribution in [-0.4, -0.2) is 27.2 Å². The van der Waals surface area contributed by atoms with Gasteiger partial charge in [-0.3, -0.25) is 9.79 Å². The maximum atomic E-state index is 14.6. The summed E-state index contributed by atoms with van der Waals surface area (Å²) < 4.78 is 57.3. The molecule has 0 radical (unpaired) electrons. The van der Waals surface area contributed by atoms with Crippen molar-refractivity contribution in [2.75, 3.05) is 5.32 Å². The molecule has 11 heteroatoms. The minimum absolute atomic E-state index is 0.0167. The molecule has 3 atom stereocenters. The van der Waals surface area contributed by atoms with Gasteiger partial charge in [-0.25, -0.2) is 22.5 Å². The molecule has 3 N–H and O–H groups in total. The fraction of sp³-hybridized carbons (Fsp3) is 0.278. The van der Waals surface area contributed by atoms with Crippen molar-refractivity contribution in [3.8, 4) is 0 Å². The fourth-order valence-corrected chi connectivity index (χ4v) is 4.95.